The Morgan fingerprint density at radius 2 is 1.82 bits per heavy atom. The van der Waals surface area contributed by atoms with E-state index in [0.29, 0.717) is 11.9 Å². The third-order valence-electron chi connectivity index (χ3n) is 7.00. The predicted molar refractivity (Wildman–Crippen MR) is 128 cm³/mol. The number of carbonyl (C=O) groups excluding carboxylic acids is 1. The Labute approximate surface area is 195 Å². The van der Waals surface area contributed by atoms with Gasteiger partial charge in [0.15, 0.2) is 0 Å². The van der Waals surface area contributed by atoms with E-state index in [4.69, 9.17) is 10.6 Å². The van der Waals surface area contributed by atoms with Crippen molar-refractivity contribution in [3.8, 4) is 0 Å². The molecule has 3 N–H and O–H groups in total. The smallest absolute Gasteiger partial charge is 0.225 e. The SMILES string of the molecule is CO/N=C(\C1CCN(C(=O)C2CCN(Cc3cnc(N)nc3)CC2)CC1)C1(C)C=CC=CN1. The first-order valence-electron chi connectivity index (χ1n) is 11.8. The van der Waals surface area contributed by atoms with Crippen molar-refractivity contribution in [2.45, 2.75) is 44.7 Å². The van der Waals surface area contributed by atoms with Gasteiger partial charge < -0.3 is 20.8 Å². The zero-order chi connectivity index (χ0) is 23.3. The Kier molecular flexibility index (Phi) is 7.27. The number of hydrogen-bond donors (Lipinski definition) is 2. The van der Waals surface area contributed by atoms with Crippen LogP contribution in [-0.4, -0.2) is 70.2 Å². The lowest BCUT2D eigenvalue weighted by Crippen LogP contribution is -2.52. The van der Waals surface area contributed by atoms with Crippen molar-refractivity contribution in [3.05, 3.63) is 42.4 Å². The maximum atomic E-state index is 13.2. The van der Waals surface area contributed by atoms with E-state index in [1.807, 2.05) is 18.4 Å². The number of nitrogens with zero attached hydrogens (tertiary/aromatic N) is 5. The number of rotatable bonds is 6. The van der Waals surface area contributed by atoms with Gasteiger partial charge in [0.25, 0.3) is 0 Å². The molecule has 0 radical (unpaired) electrons. The van der Waals surface area contributed by atoms with Crippen LogP contribution < -0.4 is 11.1 Å². The van der Waals surface area contributed by atoms with Crippen molar-refractivity contribution in [3.63, 3.8) is 0 Å². The lowest BCUT2D eigenvalue weighted by Gasteiger charge is -2.40. The molecule has 0 bridgehead atoms. The second-order valence-corrected chi connectivity index (χ2v) is 9.32. The van der Waals surface area contributed by atoms with Crippen LogP contribution in [0.1, 0.15) is 38.2 Å². The molecule has 1 atom stereocenters. The highest BCUT2D eigenvalue weighted by Crippen LogP contribution is 2.29. The van der Waals surface area contributed by atoms with E-state index < -0.39 is 0 Å². The Morgan fingerprint density at radius 1 is 1.15 bits per heavy atom. The van der Waals surface area contributed by atoms with Crippen LogP contribution in [0.3, 0.4) is 0 Å². The fraction of sp³-hybridized carbons (Fsp3) is 0.583. The van der Waals surface area contributed by atoms with Crippen molar-refractivity contribution in [2.24, 2.45) is 17.0 Å². The normalized spacial score (nSPS) is 25.2. The molecule has 1 aromatic heterocycles. The first-order valence-corrected chi connectivity index (χ1v) is 11.8. The summed E-state index contributed by atoms with van der Waals surface area (Å²) in [5, 5.41) is 7.80. The summed E-state index contributed by atoms with van der Waals surface area (Å²) < 4.78 is 0. The molecular formula is C24H35N7O2. The third-order valence-corrected chi connectivity index (χ3v) is 7.00. The van der Waals surface area contributed by atoms with E-state index in [2.05, 4.69) is 43.2 Å². The van der Waals surface area contributed by atoms with E-state index in [1.165, 1.54) is 0 Å². The summed E-state index contributed by atoms with van der Waals surface area (Å²) >= 11 is 0. The molecule has 3 aliphatic rings. The fourth-order valence-electron chi connectivity index (χ4n) is 5.10. The highest BCUT2D eigenvalue weighted by molar-refractivity contribution is 5.97. The van der Waals surface area contributed by atoms with Crippen LogP contribution in [0.15, 0.2) is 42.0 Å². The molecule has 0 aliphatic carbocycles. The standard InChI is InChI=1S/C24H35N7O2/c1-24(9-3-4-10-28-24)21(29-33-2)19-7-13-31(14-8-19)22(32)20-5-11-30(12-6-20)17-18-15-26-23(25)27-16-18/h3-4,9-10,15-16,19-20,28H,5-8,11-14,17H2,1-2H3,(H2,25,26,27)/b29-21+. The lowest BCUT2D eigenvalue weighted by atomic mass is 9.80. The summed E-state index contributed by atoms with van der Waals surface area (Å²) in [4.78, 5) is 30.9. The number of dihydropyridines is 1. The van der Waals surface area contributed by atoms with E-state index >= 15 is 0 Å². The molecular weight excluding hydrogens is 418 g/mol. The van der Waals surface area contributed by atoms with Crippen LogP contribution >= 0.6 is 0 Å². The topological polar surface area (TPSA) is 109 Å². The molecule has 3 aliphatic heterocycles. The Morgan fingerprint density at radius 3 is 2.42 bits per heavy atom. The molecule has 9 heteroatoms. The van der Waals surface area contributed by atoms with Gasteiger partial charge in [0.2, 0.25) is 11.9 Å². The molecule has 0 aromatic carbocycles. The number of nitrogens with one attached hydrogen (secondary N) is 1. The maximum Gasteiger partial charge on any atom is 0.225 e. The zero-order valence-electron chi connectivity index (χ0n) is 19.6. The average molecular weight is 454 g/mol. The van der Waals surface area contributed by atoms with Crippen molar-refractivity contribution >= 4 is 17.6 Å². The third kappa shape index (κ3) is 5.52. The van der Waals surface area contributed by atoms with Gasteiger partial charge in [-0.25, -0.2) is 9.97 Å². The molecule has 1 amide bonds. The quantitative estimate of drug-likeness (QED) is 0.500. The highest BCUT2D eigenvalue weighted by atomic mass is 16.6. The molecule has 9 nitrogen and oxygen atoms in total. The minimum atomic E-state index is -0.357. The summed E-state index contributed by atoms with van der Waals surface area (Å²) in [6.45, 7) is 6.27. The number of amides is 1. The molecule has 4 rings (SSSR count). The summed E-state index contributed by atoms with van der Waals surface area (Å²) in [6, 6.07) is 0. The Bertz CT molecular complexity index is 898. The van der Waals surface area contributed by atoms with Crippen LogP contribution in [0.4, 0.5) is 5.95 Å². The largest absolute Gasteiger partial charge is 0.399 e. The molecule has 1 unspecified atom stereocenters. The predicted octanol–water partition coefficient (Wildman–Crippen LogP) is 1.94. The minimum Gasteiger partial charge on any atom is -0.399 e. The molecule has 178 valence electrons. The second-order valence-electron chi connectivity index (χ2n) is 9.32. The van der Waals surface area contributed by atoms with Gasteiger partial charge in [0.05, 0.1) is 11.3 Å². The van der Waals surface area contributed by atoms with E-state index in [1.54, 1.807) is 19.5 Å². The van der Waals surface area contributed by atoms with Crippen LogP contribution in [0, 0.1) is 11.8 Å². The first kappa shape index (κ1) is 23.2. The van der Waals surface area contributed by atoms with Crippen molar-refractivity contribution in [1.29, 1.82) is 0 Å². The van der Waals surface area contributed by atoms with E-state index in [9.17, 15) is 4.79 Å². The number of hydrogen-bond acceptors (Lipinski definition) is 8. The van der Waals surface area contributed by atoms with Gasteiger partial charge >= 0.3 is 0 Å². The van der Waals surface area contributed by atoms with Crippen LogP contribution in [-0.2, 0) is 16.2 Å². The fourth-order valence-corrected chi connectivity index (χ4v) is 5.10. The molecule has 1 aromatic rings. The number of piperidine rings is 2. The van der Waals surface area contributed by atoms with Gasteiger partial charge in [-0.3, -0.25) is 9.69 Å². The highest BCUT2D eigenvalue weighted by Gasteiger charge is 2.38. The second kappa shape index (κ2) is 10.3. The van der Waals surface area contributed by atoms with Crippen LogP contribution in [0.2, 0.25) is 0 Å². The molecule has 2 saturated heterocycles. The average Bonchev–Trinajstić information content (AvgIpc) is 2.84. The minimum absolute atomic E-state index is 0.109. The molecule has 4 heterocycles. The number of aromatic nitrogens is 2. The number of anilines is 1. The number of likely N-dealkylation sites (tertiary alicyclic amines) is 2. The van der Waals surface area contributed by atoms with E-state index in [0.717, 1.165) is 69.7 Å². The summed E-state index contributed by atoms with van der Waals surface area (Å²) in [5.74, 6) is 0.994. The van der Waals surface area contributed by atoms with Gasteiger partial charge in [-0.15, -0.1) is 0 Å². The molecule has 33 heavy (non-hydrogen) atoms. The number of carbonyl (C=O) groups is 1. The van der Waals surface area contributed by atoms with Crippen LogP contribution in [0.25, 0.3) is 0 Å². The molecule has 2 fully saturated rings. The van der Waals surface area contributed by atoms with Gasteiger partial charge in [0.1, 0.15) is 7.11 Å². The summed E-state index contributed by atoms with van der Waals surface area (Å²) in [5.41, 5.74) is 7.26. The zero-order valence-corrected chi connectivity index (χ0v) is 19.6. The van der Waals surface area contributed by atoms with Crippen molar-refractivity contribution in [2.75, 3.05) is 39.0 Å². The number of nitrogen functional groups attached to an aromatic ring is 1. The van der Waals surface area contributed by atoms with E-state index in [-0.39, 0.29) is 17.4 Å². The van der Waals surface area contributed by atoms with Gasteiger partial charge in [0, 0.05) is 49.4 Å². The number of nitrogens with two attached hydrogens (primary N) is 1. The van der Waals surface area contributed by atoms with Gasteiger partial charge in [-0.1, -0.05) is 17.3 Å². The Hall–Kier alpha value is -2.94. The van der Waals surface area contributed by atoms with Gasteiger partial charge in [-0.05, 0) is 58.0 Å². The van der Waals surface area contributed by atoms with Gasteiger partial charge in [-0.2, -0.15) is 0 Å². The number of allylic oxidation sites excluding steroid dienone is 2. The first-order chi connectivity index (χ1) is 16.0. The molecule has 0 saturated carbocycles. The molecule has 0 spiro atoms. The van der Waals surface area contributed by atoms with Crippen molar-refractivity contribution < 1.29 is 9.63 Å². The summed E-state index contributed by atoms with van der Waals surface area (Å²) in [7, 11) is 1.59. The maximum absolute atomic E-state index is 13.2. The number of oxime groups is 1. The van der Waals surface area contributed by atoms with Crippen molar-refractivity contribution in [1.82, 2.24) is 25.1 Å². The Balaban J connectivity index is 1.27. The van der Waals surface area contributed by atoms with Crippen LogP contribution in [0.5, 0.6) is 0 Å². The summed E-state index contributed by atoms with van der Waals surface area (Å²) in [6.07, 6.45) is 15.2. The monoisotopic (exact) mass is 453 g/mol. The lowest BCUT2D eigenvalue weighted by molar-refractivity contribution is -0.138.